The Kier molecular flexibility index (Phi) is 5.27. The first-order chi connectivity index (χ1) is 13.4. The van der Waals surface area contributed by atoms with E-state index in [-0.39, 0.29) is 29.7 Å². The van der Waals surface area contributed by atoms with E-state index in [1.54, 1.807) is 29.2 Å². The maximum Gasteiger partial charge on any atom is 0.276 e. The van der Waals surface area contributed by atoms with Gasteiger partial charge >= 0.3 is 0 Å². The molecule has 1 aliphatic rings. The van der Waals surface area contributed by atoms with Gasteiger partial charge in [-0.2, -0.15) is 0 Å². The zero-order valence-electron chi connectivity index (χ0n) is 14.7. The van der Waals surface area contributed by atoms with Crippen molar-refractivity contribution in [1.82, 2.24) is 10.1 Å². The van der Waals surface area contributed by atoms with Crippen LogP contribution in [-0.4, -0.2) is 41.9 Å². The molecule has 1 amide bonds. The van der Waals surface area contributed by atoms with E-state index < -0.39 is 15.9 Å². The molecule has 4 rings (SSSR count). The highest BCUT2D eigenvalue weighted by Crippen LogP contribution is 2.27. The molecule has 0 N–H and O–H groups in total. The molecule has 0 aliphatic carbocycles. The van der Waals surface area contributed by atoms with Gasteiger partial charge in [0.25, 0.3) is 5.91 Å². The topological polar surface area (TPSA) is 80.5 Å². The molecule has 1 atom stereocenters. The van der Waals surface area contributed by atoms with Gasteiger partial charge in [-0.05, 0) is 35.6 Å². The van der Waals surface area contributed by atoms with Gasteiger partial charge in [0.2, 0.25) is 0 Å². The number of nitrogens with zero attached hydrogens (tertiary/aromatic N) is 2. The third kappa shape index (κ3) is 4.14. The van der Waals surface area contributed by atoms with E-state index in [1.165, 1.54) is 11.3 Å². The third-order valence-corrected chi connectivity index (χ3v) is 7.52. The third-order valence-electron chi connectivity index (χ3n) is 4.65. The second-order valence-electron chi connectivity index (χ2n) is 6.67. The lowest BCUT2D eigenvalue weighted by molar-refractivity contribution is 0.0670. The van der Waals surface area contributed by atoms with Crippen molar-refractivity contribution >= 4 is 38.7 Å². The number of carbonyl (C=O) groups is 1. The zero-order chi connectivity index (χ0) is 19.7. The highest BCUT2D eigenvalue weighted by molar-refractivity contribution is 7.91. The van der Waals surface area contributed by atoms with E-state index in [0.29, 0.717) is 17.2 Å². The van der Waals surface area contributed by atoms with Crippen molar-refractivity contribution < 1.29 is 17.7 Å². The monoisotopic (exact) mass is 436 g/mol. The quantitative estimate of drug-likeness (QED) is 0.606. The molecule has 1 aromatic carbocycles. The van der Waals surface area contributed by atoms with Crippen LogP contribution in [0.4, 0.5) is 0 Å². The van der Waals surface area contributed by atoms with E-state index in [9.17, 15) is 13.2 Å². The van der Waals surface area contributed by atoms with Crippen molar-refractivity contribution in [1.29, 1.82) is 0 Å². The molecule has 0 bridgehead atoms. The molecule has 9 heteroatoms. The summed E-state index contributed by atoms with van der Waals surface area (Å²) in [6, 6.07) is 12.1. The first-order valence-corrected chi connectivity index (χ1v) is 11.8. The van der Waals surface area contributed by atoms with Crippen molar-refractivity contribution in [2.75, 3.05) is 11.5 Å². The Morgan fingerprint density at radius 3 is 2.82 bits per heavy atom. The van der Waals surface area contributed by atoms with Crippen LogP contribution >= 0.6 is 22.9 Å². The molecular weight excluding hydrogens is 420 g/mol. The molecule has 0 saturated carbocycles. The summed E-state index contributed by atoms with van der Waals surface area (Å²) < 4.78 is 29.3. The van der Waals surface area contributed by atoms with Gasteiger partial charge in [-0.1, -0.05) is 35.0 Å². The minimum Gasteiger partial charge on any atom is -0.355 e. The van der Waals surface area contributed by atoms with E-state index in [0.717, 1.165) is 10.4 Å². The molecule has 1 saturated heterocycles. The van der Waals surface area contributed by atoms with Gasteiger partial charge in [-0.3, -0.25) is 4.79 Å². The number of halogens is 1. The number of benzene rings is 1. The fourth-order valence-electron chi connectivity index (χ4n) is 3.28. The summed E-state index contributed by atoms with van der Waals surface area (Å²) in [6.07, 6.45) is 0.407. The van der Waals surface area contributed by atoms with Crippen LogP contribution in [0.1, 0.15) is 22.5 Å². The number of thiophene rings is 1. The van der Waals surface area contributed by atoms with Crippen LogP contribution < -0.4 is 0 Å². The second-order valence-corrected chi connectivity index (χ2v) is 10.3. The minimum atomic E-state index is -3.15. The molecule has 146 valence electrons. The van der Waals surface area contributed by atoms with Crippen molar-refractivity contribution in [3.8, 4) is 10.6 Å². The Bertz CT molecular complexity index is 1090. The predicted molar refractivity (Wildman–Crippen MR) is 108 cm³/mol. The van der Waals surface area contributed by atoms with Gasteiger partial charge in [-0.25, -0.2) is 8.42 Å². The van der Waals surface area contributed by atoms with Crippen LogP contribution in [0.5, 0.6) is 0 Å². The Labute approximate surface area is 171 Å². The standard InChI is InChI=1S/C19H17ClN2O4S2/c20-14-4-1-3-13(9-14)11-22(15-6-8-28(24,25)12-15)19(23)16-10-17(26-21-16)18-5-2-7-27-18/h1-5,7,9-10,15H,6,8,11-12H2/t15-/m0/s1. The largest absolute Gasteiger partial charge is 0.355 e. The summed E-state index contributed by atoms with van der Waals surface area (Å²) in [6.45, 7) is 0.251. The Morgan fingerprint density at radius 1 is 1.29 bits per heavy atom. The number of carbonyl (C=O) groups excluding carboxylic acids is 1. The smallest absolute Gasteiger partial charge is 0.276 e. The van der Waals surface area contributed by atoms with Crippen LogP contribution in [-0.2, 0) is 16.4 Å². The van der Waals surface area contributed by atoms with Crippen molar-refractivity contribution in [3.05, 3.63) is 64.1 Å². The lowest BCUT2D eigenvalue weighted by Gasteiger charge is -2.27. The number of hydrogen-bond acceptors (Lipinski definition) is 6. The van der Waals surface area contributed by atoms with Gasteiger partial charge in [0.05, 0.1) is 16.4 Å². The van der Waals surface area contributed by atoms with Gasteiger partial charge in [0, 0.05) is 23.7 Å². The maximum atomic E-state index is 13.2. The van der Waals surface area contributed by atoms with Crippen molar-refractivity contribution in [2.45, 2.75) is 19.0 Å². The lowest BCUT2D eigenvalue weighted by atomic mass is 10.1. The molecule has 6 nitrogen and oxygen atoms in total. The number of sulfone groups is 1. The molecule has 1 aliphatic heterocycles. The summed E-state index contributed by atoms with van der Waals surface area (Å²) >= 11 is 7.55. The van der Waals surface area contributed by atoms with Crippen LogP contribution in [0.3, 0.4) is 0 Å². The summed E-state index contributed by atoms with van der Waals surface area (Å²) in [5, 5.41) is 6.40. The highest BCUT2D eigenvalue weighted by atomic mass is 35.5. The molecule has 0 spiro atoms. The Hall–Kier alpha value is -2.16. The second kappa shape index (κ2) is 7.69. The van der Waals surface area contributed by atoms with Crippen molar-refractivity contribution in [2.24, 2.45) is 0 Å². The van der Waals surface area contributed by atoms with Crippen molar-refractivity contribution in [3.63, 3.8) is 0 Å². The highest BCUT2D eigenvalue weighted by Gasteiger charge is 2.36. The maximum absolute atomic E-state index is 13.2. The Balaban J connectivity index is 1.63. The van der Waals surface area contributed by atoms with E-state index in [1.807, 2.05) is 23.6 Å². The lowest BCUT2D eigenvalue weighted by Crippen LogP contribution is -2.40. The van der Waals surface area contributed by atoms with Crippen LogP contribution in [0.2, 0.25) is 5.02 Å². The van der Waals surface area contributed by atoms with Gasteiger partial charge < -0.3 is 9.42 Å². The first kappa shape index (κ1) is 19.2. The van der Waals surface area contributed by atoms with Crippen LogP contribution in [0.15, 0.2) is 52.4 Å². The molecule has 2 aromatic heterocycles. The molecule has 3 aromatic rings. The average Bonchev–Trinajstić information content (AvgIpc) is 3.39. The number of rotatable bonds is 5. The Morgan fingerprint density at radius 2 is 2.14 bits per heavy atom. The van der Waals surface area contributed by atoms with E-state index >= 15 is 0 Å². The molecule has 1 fully saturated rings. The summed E-state index contributed by atoms with van der Waals surface area (Å²) in [5.41, 5.74) is 0.988. The summed E-state index contributed by atoms with van der Waals surface area (Å²) in [4.78, 5) is 15.6. The minimum absolute atomic E-state index is 0.0467. The molecule has 3 heterocycles. The first-order valence-electron chi connectivity index (χ1n) is 8.68. The fourth-order valence-corrected chi connectivity index (χ4v) is 5.89. The van der Waals surface area contributed by atoms with Crippen LogP contribution in [0, 0.1) is 0 Å². The molecule has 28 heavy (non-hydrogen) atoms. The zero-order valence-corrected chi connectivity index (χ0v) is 17.1. The fraction of sp³-hybridized carbons (Fsp3) is 0.263. The van der Waals surface area contributed by atoms with Gasteiger partial charge in [0.15, 0.2) is 21.3 Å². The molecule has 0 radical (unpaired) electrons. The molecular formula is C19H17ClN2O4S2. The molecule has 0 unspecified atom stereocenters. The summed E-state index contributed by atoms with van der Waals surface area (Å²) in [7, 11) is -3.15. The SMILES string of the molecule is O=C(c1cc(-c2cccs2)on1)N(Cc1cccc(Cl)c1)[C@H]1CCS(=O)(=O)C1. The number of aromatic nitrogens is 1. The predicted octanol–water partition coefficient (Wildman–Crippen LogP) is 3.89. The number of amides is 1. The normalized spacial score (nSPS) is 18.2. The average molecular weight is 437 g/mol. The van der Waals surface area contributed by atoms with Gasteiger partial charge in [-0.15, -0.1) is 11.3 Å². The van der Waals surface area contributed by atoms with E-state index in [2.05, 4.69) is 5.16 Å². The van der Waals surface area contributed by atoms with Gasteiger partial charge in [0.1, 0.15) is 0 Å². The number of hydrogen-bond donors (Lipinski definition) is 0. The van der Waals surface area contributed by atoms with E-state index in [4.69, 9.17) is 16.1 Å². The van der Waals surface area contributed by atoms with Crippen LogP contribution in [0.25, 0.3) is 10.6 Å². The summed E-state index contributed by atoms with van der Waals surface area (Å²) in [5.74, 6) is 0.194.